The van der Waals surface area contributed by atoms with Gasteiger partial charge in [0.15, 0.2) is 5.13 Å². The first-order valence-corrected chi connectivity index (χ1v) is 9.07. The Hall–Kier alpha value is -0.650. The van der Waals surface area contributed by atoms with Gasteiger partial charge in [0.1, 0.15) is 0 Å². The van der Waals surface area contributed by atoms with E-state index in [1.165, 1.54) is 42.1 Å². The summed E-state index contributed by atoms with van der Waals surface area (Å²) >= 11 is 1.86. The minimum atomic E-state index is 0.629. The topological polar surface area (TPSA) is 37.4 Å². The molecule has 0 bridgehead atoms. The molecule has 2 aliphatic rings. The third-order valence-electron chi connectivity index (χ3n) is 4.64. The Morgan fingerprint density at radius 2 is 2.05 bits per heavy atom. The summed E-state index contributed by atoms with van der Waals surface area (Å²) in [6, 6.07) is 0.742. The number of piperidine rings is 1. The first kappa shape index (κ1) is 15.3. The number of rotatable bonds is 7. The standard InChI is InChI=1S/C16H27N3OS/c1-3-12-6-8-19(9-7-12)16-18-14(11-20-2)15(21-16)10-17-13-4-5-13/h12-13,17H,3-11H2,1-2H3. The van der Waals surface area contributed by atoms with E-state index in [-0.39, 0.29) is 0 Å². The van der Waals surface area contributed by atoms with Crippen LogP contribution in [0.5, 0.6) is 0 Å². The molecule has 1 N–H and O–H groups in total. The first-order valence-electron chi connectivity index (χ1n) is 8.26. The third-order valence-corrected chi connectivity index (χ3v) is 5.80. The van der Waals surface area contributed by atoms with Crippen LogP contribution in [0.4, 0.5) is 5.13 Å². The molecule has 2 heterocycles. The van der Waals surface area contributed by atoms with E-state index >= 15 is 0 Å². The predicted octanol–water partition coefficient (Wildman–Crippen LogP) is 3.17. The summed E-state index contributed by atoms with van der Waals surface area (Å²) in [5, 5.41) is 4.80. The summed E-state index contributed by atoms with van der Waals surface area (Å²) in [5.41, 5.74) is 1.13. The van der Waals surface area contributed by atoms with Crippen molar-refractivity contribution < 1.29 is 4.74 Å². The summed E-state index contributed by atoms with van der Waals surface area (Å²) in [7, 11) is 1.75. The normalized spacial score (nSPS) is 20.2. The maximum Gasteiger partial charge on any atom is 0.185 e. The lowest BCUT2D eigenvalue weighted by Crippen LogP contribution is -2.33. The van der Waals surface area contributed by atoms with Gasteiger partial charge in [0, 0.05) is 37.7 Å². The van der Waals surface area contributed by atoms with Crippen molar-refractivity contribution in [2.45, 2.75) is 58.2 Å². The molecule has 3 rings (SSSR count). The lowest BCUT2D eigenvalue weighted by Gasteiger charge is -2.31. The molecule has 1 aromatic rings. The van der Waals surface area contributed by atoms with Crippen LogP contribution in [0.15, 0.2) is 0 Å². The molecule has 1 aromatic heterocycles. The van der Waals surface area contributed by atoms with Gasteiger partial charge in [0.25, 0.3) is 0 Å². The average Bonchev–Trinajstić information content (AvgIpc) is 3.27. The second kappa shape index (κ2) is 7.07. The molecule has 0 aromatic carbocycles. The predicted molar refractivity (Wildman–Crippen MR) is 87.9 cm³/mol. The number of anilines is 1. The Morgan fingerprint density at radius 3 is 2.67 bits per heavy atom. The monoisotopic (exact) mass is 309 g/mol. The lowest BCUT2D eigenvalue weighted by atomic mass is 9.95. The molecule has 0 radical (unpaired) electrons. The summed E-state index contributed by atoms with van der Waals surface area (Å²) in [5.74, 6) is 0.913. The van der Waals surface area contributed by atoms with E-state index in [4.69, 9.17) is 9.72 Å². The molecule has 5 heteroatoms. The number of ether oxygens (including phenoxy) is 1. The minimum Gasteiger partial charge on any atom is -0.378 e. The highest BCUT2D eigenvalue weighted by Crippen LogP contribution is 2.31. The number of nitrogens with one attached hydrogen (secondary N) is 1. The van der Waals surface area contributed by atoms with Gasteiger partial charge in [-0.3, -0.25) is 0 Å². The first-order chi connectivity index (χ1) is 10.3. The second-order valence-corrected chi connectivity index (χ2v) is 7.36. The van der Waals surface area contributed by atoms with Gasteiger partial charge in [0.2, 0.25) is 0 Å². The summed E-state index contributed by atoms with van der Waals surface area (Å²) < 4.78 is 5.32. The highest BCUT2D eigenvalue weighted by molar-refractivity contribution is 7.15. The fourth-order valence-corrected chi connectivity index (χ4v) is 4.02. The van der Waals surface area contributed by atoms with Gasteiger partial charge in [0.05, 0.1) is 12.3 Å². The fraction of sp³-hybridized carbons (Fsp3) is 0.812. The van der Waals surface area contributed by atoms with E-state index in [2.05, 4.69) is 17.1 Å². The van der Waals surface area contributed by atoms with Gasteiger partial charge in [-0.05, 0) is 31.6 Å². The number of nitrogens with zero attached hydrogens (tertiary/aromatic N) is 2. The molecular formula is C16H27N3OS. The van der Waals surface area contributed by atoms with Crippen molar-refractivity contribution in [3.63, 3.8) is 0 Å². The van der Waals surface area contributed by atoms with Crippen molar-refractivity contribution in [2.75, 3.05) is 25.1 Å². The number of hydrogen-bond donors (Lipinski definition) is 1. The molecule has 0 unspecified atom stereocenters. The van der Waals surface area contributed by atoms with Crippen LogP contribution in [-0.2, 0) is 17.9 Å². The van der Waals surface area contributed by atoms with Crippen molar-refractivity contribution in [3.05, 3.63) is 10.6 Å². The molecule has 1 saturated heterocycles. The Morgan fingerprint density at radius 1 is 1.29 bits per heavy atom. The van der Waals surface area contributed by atoms with Gasteiger partial charge in [-0.25, -0.2) is 4.98 Å². The molecule has 0 amide bonds. The van der Waals surface area contributed by atoms with Crippen LogP contribution in [0.2, 0.25) is 0 Å². The van der Waals surface area contributed by atoms with Crippen LogP contribution in [0.1, 0.15) is 49.6 Å². The Bertz CT molecular complexity index is 450. The zero-order chi connectivity index (χ0) is 14.7. The van der Waals surface area contributed by atoms with Crippen molar-refractivity contribution >= 4 is 16.5 Å². The van der Waals surface area contributed by atoms with Crippen molar-refractivity contribution in [1.82, 2.24) is 10.3 Å². The largest absolute Gasteiger partial charge is 0.378 e. The Balaban J connectivity index is 1.65. The smallest absolute Gasteiger partial charge is 0.185 e. The molecule has 4 nitrogen and oxygen atoms in total. The number of methoxy groups -OCH3 is 1. The summed E-state index contributed by atoms with van der Waals surface area (Å²) in [6.07, 6.45) is 6.60. The van der Waals surface area contributed by atoms with Crippen LogP contribution >= 0.6 is 11.3 Å². The van der Waals surface area contributed by atoms with E-state index in [0.29, 0.717) is 6.61 Å². The SMILES string of the molecule is CCC1CCN(c2nc(COC)c(CNC3CC3)s2)CC1. The van der Waals surface area contributed by atoms with E-state index in [0.717, 1.165) is 37.3 Å². The van der Waals surface area contributed by atoms with Gasteiger partial charge in [-0.15, -0.1) is 11.3 Å². The molecule has 21 heavy (non-hydrogen) atoms. The molecule has 118 valence electrons. The van der Waals surface area contributed by atoms with E-state index in [1.807, 2.05) is 11.3 Å². The highest BCUT2D eigenvalue weighted by Gasteiger charge is 2.24. The van der Waals surface area contributed by atoms with Crippen LogP contribution in [0.25, 0.3) is 0 Å². The zero-order valence-electron chi connectivity index (χ0n) is 13.2. The lowest BCUT2D eigenvalue weighted by molar-refractivity contribution is 0.181. The van der Waals surface area contributed by atoms with Gasteiger partial charge >= 0.3 is 0 Å². The van der Waals surface area contributed by atoms with Crippen LogP contribution in [0.3, 0.4) is 0 Å². The number of aromatic nitrogens is 1. The van der Waals surface area contributed by atoms with Gasteiger partial charge < -0.3 is 15.0 Å². The molecule has 1 saturated carbocycles. The van der Waals surface area contributed by atoms with Crippen molar-refractivity contribution in [1.29, 1.82) is 0 Å². The maximum atomic E-state index is 5.32. The van der Waals surface area contributed by atoms with Crippen molar-refractivity contribution in [2.24, 2.45) is 5.92 Å². The van der Waals surface area contributed by atoms with E-state index in [9.17, 15) is 0 Å². The average molecular weight is 309 g/mol. The third kappa shape index (κ3) is 3.96. The highest BCUT2D eigenvalue weighted by atomic mass is 32.1. The van der Waals surface area contributed by atoms with E-state index < -0.39 is 0 Å². The van der Waals surface area contributed by atoms with Crippen LogP contribution in [-0.4, -0.2) is 31.2 Å². The zero-order valence-corrected chi connectivity index (χ0v) is 14.0. The molecule has 1 aliphatic carbocycles. The summed E-state index contributed by atoms with van der Waals surface area (Å²) in [6.45, 7) is 6.21. The molecule has 2 fully saturated rings. The molecule has 0 atom stereocenters. The quantitative estimate of drug-likeness (QED) is 0.839. The molecule has 0 spiro atoms. The fourth-order valence-electron chi connectivity index (χ4n) is 2.95. The minimum absolute atomic E-state index is 0.629. The van der Waals surface area contributed by atoms with Gasteiger partial charge in [-0.1, -0.05) is 13.3 Å². The number of hydrogen-bond acceptors (Lipinski definition) is 5. The summed E-state index contributed by atoms with van der Waals surface area (Å²) in [4.78, 5) is 8.68. The Labute approximate surface area is 131 Å². The molecular weight excluding hydrogens is 282 g/mol. The van der Waals surface area contributed by atoms with Crippen LogP contribution in [0, 0.1) is 5.92 Å². The number of thiazole rings is 1. The molecule has 1 aliphatic heterocycles. The van der Waals surface area contributed by atoms with E-state index in [1.54, 1.807) is 7.11 Å². The van der Waals surface area contributed by atoms with Gasteiger partial charge in [-0.2, -0.15) is 0 Å². The Kier molecular flexibility index (Phi) is 5.14. The second-order valence-electron chi connectivity index (χ2n) is 6.29. The maximum absolute atomic E-state index is 5.32. The van der Waals surface area contributed by atoms with Crippen molar-refractivity contribution in [3.8, 4) is 0 Å². The van der Waals surface area contributed by atoms with Crippen LogP contribution < -0.4 is 10.2 Å².